The maximum absolute atomic E-state index is 10.6. The fourth-order valence-electron chi connectivity index (χ4n) is 1.79. The molecule has 2 rings (SSSR count). The van der Waals surface area contributed by atoms with Gasteiger partial charge >= 0.3 is 5.97 Å². The van der Waals surface area contributed by atoms with Gasteiger partial charge in [-0.3, -0.25) is 9.48 Å². The van der Waals surface area contributed by atoms with Gasteiger partial charge < -0.3 is 14.6 Å². The summed E-state index contributed by atoms with van der Waals surface area (Å²) in [5, 5.41) is 12.8. The number of hydrogen-bond acceptors (Lipinski definition) is 4. The van der Waals surface area contributed by atoms with Crippen molar-refractivity contribution in [2.75, 3.05) is 13.2 Å². The minimum atomic E-state index is -0.843. The summed E-state index contributed by atoms with van der Waals surface area (Å²) < 4.78 is 12.8. The molecule has 1 heterocycles. The van der Waals surface area contributed by atoms with Crippen LogP contribution >= 0.6 is 0 Å². The first-order valence-electron chi connectivity index (χ1n) is 6.76. The molecule has 0 atom stereocenters. The topological polar surface area (TPSA) is 73.6 Å². The Kier molecular flexibility index (Phi) is 5.20. The lowest BCUT2D eigenvalue weighted by Gasteiger charge is -2.07. The zero-order valence-electron chi connectivity index (χ0n) is 11.9. The summed E-state index contributed by atoms with van der Waals surface area (Å²) in [4.78, 5) is 10.6. The molecule has 112 valence electrons. The van der Waals surface area contributed by atoms with Crippen molar-refractivity contribution in [2.45, 2.75) is 19.9 Å². The highest BCUT2D eigenvalue weighted by Crippen LogP contribution is 2.13. The van der Waals surface area contributed by atoms with Crippen molar-refractivity contribution in [3.8, 4) is 11.5 Å². The molecular weight excluding hydrogens is 272 g/mol. The van der Waals surface area contributed by atoms with Crippen LogP contribution in [-0.2, 0) is 17.8 Å². The number of aromatic nitrogens is 2. The molecule has 1 aromatic carbocycles. The highest BCUT2D eigenvalue weighted by atomic mass is 16.5. The van der Waals surface area contributed by atoms with Gasteiger partial charge in [0, 0.05) is 6.54 Å². The van der Waals surface area contributed by atoms with E-state index in [1.165, 1.54) is 0 Å². The normalized spacial score (nSPS) is 10.3. The third-order valence-electron chi connectivity index (χ3n) is 2.83. The van der Waals surface area contributed by atoms with E-state index in [0.29, 0.717) is 19.0 Å². The van der Waals surface area contributed by atoms with Crippen LogP contribution in [0.5, 0.6) is 11.5 Å². The van der Waals surface area contributed by atoms with Gasteiger partial charge in [-0.1, -0.05) is 12.1 Å². The van der Waals surface area contributed by atoms with E-state index in [-0.39, 0.29) is 6.42 Å². The van der Waals surface area contributed by atoms with Crippen LogP contribution in [0.3, 0.4) is 0 Å². The highest BCUT2D eigenvalue weighted by molar-refractivity contribution is 5.70. The molecular formula is C15H18N2O4. The number of nitrogens with zero attached hydrogens (tertiary/aromatic N) is 2. The molecule has 0 spiro atoms. The van der Waals surface area contributed by atoms with E-state index < -0.39 is 5.97 Å². The minimum Gasteiger partial charge on any atom is -0.490 e. The van der Waals surface area contributed by atoms with Gasteiger partial charge in [-0.2, -0.15) is 5.10 Å². The van der Waals surface area contributed by atoms with Crippen LogP contribution < -0.4 is 9.47 Å². The Bertz CT molecular complexity index is 578. The number of carboxylic acids is 1. The van der Waals surface area contributed by atoms with Crippen molar-refractivity contribution in [3.05, 3.63) is 42.2 Å². The van der Waals surface area contributed by atoms with Gasteiger partial charge in [0.1, 0.15) is 19.0 Å². The molecule has 6 nitrogen and oxygen atoms in total. The number of carboxylic acid groups (broad SMARTS) is 1. The second-order valence-electron chi connectivity index (χ2n) is 4.44. The van der Waals surface area contributed by atoms with Crippen molar-refractivity contribution >= 4 is 5.97 Å². The molecule has 1 aromatic heterocycles. The second kappa shape index (κ2) is 7.33. The largest absolute Gasteiger partial charge is 0.490 e. The lowest BCUT2D eigenvalue weighted by molar-refractivity contribution is -0.136. The van der Waals surface area contributed by atoms with E-state index in [2.05, 4.69) is 5.10 Å². The van der Waals surface area contributed by atoms with E-state index in [9.17, 15) is 4.79 Å². The van der Waals surface area contributed by atoms with Crippen molar-refractivity contribution in [3.63, 3.8) is 0 Å². The number of aryl methyl sites for hydroxylation is 1. The fraction of sp³-hybridized carbons (Fsp3) is 0.333. The molecule has 6 heteroatoms. The third-order valence-corrected chi connectivity index (χ3v) is 2.83. The first kappa shape index (κ1) is 14.9. The molecule has 0 saturated carbocycles. The smallest absolute Gasteiger partial charge is 0.307 e. The lowest BCUT2D eigenvalue weighted by Crippen LogP contribution is -2.08. The summed E-state index contributed by atoms with van der Waals surface area (Å²) in [6.45, 7) is 3.65. The molecule has 0 aliphatic carbocycles. The Morgan fingerprint density at radius 2 is 1.86 bits per heavy atom. The monoisotopic (exact) mass is 290 g/mol. The molecule has 0 fully saturated rings. The predicted molar refractivity (Wildman–Crippen MR) is 76.7 cm³/mol. The van der Waals surface area contributed by atoms with Crippen molar-refractivity contribution in [1.82, 2.24) is 9.78 Å². The number of ether oxygens (including phenoxy) is 2. The first-order valence-corrected chi connectivity index (χ1v) is 6.76. The van der Waals surface area contributed by atoms with E-state index in [1.807, 2.05) is 13.1 Å². The van der Waals surface area contributed by atoms with Crippen LogP contribution in [0.1, 0.15) is 12.5 Å². The summed E-state index contributed by atoms with van der Waals surface area (Å²) >= 11 is 0. The maximum Gasteiger partial charge on any atom is 0.307 e. The molecule has 0 aliphatic heterocycles. The zero-order valence-corrected chi connectivity index (χ0v) is 11.9. The van der Waals surface area contributed by atoms with E-state index in [1.54, 1.807) is 35.1 Å². The summed E-state index contributed by atoms with van der Waals surface area (Å²) in [7, 11) is 0. The standard InChI is InChI=1S/C15H18N2O4/c1-2-17-11-14(10-16-17)21-8-7-20-13-5-3-12(4-6-13)9-15(18)19/h3-6,10-11H,2,7-9H2,1H3,(H,18,19). The molecule has 0 aliphatic rings. The van der Waals surface area contributed by atoms with Crippen LogP contribution in [0.4, 0.5) is 0 Å². The summed E-state index contributed by atoms with van der Waals surface area (Å²) in [6.07, 6.45) is 3.52. The molecule has 0 radical (unpaired) electrons. The summed E-state index contributed by atoms with van der Waals surface area (Å²) in [6, 6.07) is 7.01. The molecule has 0 unspecified atom stereocenters. The zero-order chi connectivity index (χ0) is 15.1. The van der Waals surface area contributed by atoms with Gasteiger partial charge in [-0.05, 0) is 24.6 Å². The van der Waals surface area contributed by atoms with Gasteiger partial charge in [-0.15, -0.1) is 0 Å². The average Bonchev–Trinajstić information content (AvgIpc) is 2.93. The maximum atomic E-state index is 10.6. The Labute approximate surface area is 122 Å². The number of hydrogen-bond donors (Lipinski definition) is 1. The Hall–Kier alpha value is -2.50. The van der Waals surface area contributed by atoms with E-state index in [0.717, 1.165) is 17.9 Å². The third kappa shape index (κ3) is 4.83. The van der Waals surface area contributed by atoms with Crippen LogP contribution in [0.15, 0.2) is 36.7 Å². The Morgan fingerprint density at radius 1 is 1.19 bits per heavy atom. The SMILES string of the molecule is CCn1cc(OCCOc2ccc(CC(=O)O)cc2)cn1. The number of carbonyl (C=O) groups is 1. The lowest BCUT2D eigenvalue weighted by atomic mass is 10.1. The predicted octanol–water partition coefficient (Wildman–Crippen LogP) is 1.99. The number of rotatable bonds is 8. The highest BCUT2D eigenvalue weighted by Gasteiger charge is 2.01. The van der Waals surface area contributed by atoms with Gasteiger partial charge in [0.2, 0.25) is 0 Å². The molecule has 21 heavy (non-hydrogen) atoms. The molecule has 2 aromatic rings. The van der Waals surface area contributed by atoms with Gasteiger partial charge in [0.05, 0.1) is 18.8 Å². The van der Waals surface area contributed by atoms with Crippen molar-refractivity contribution in [2.24, 2.45) is 0 Å². The number of benzene rings is 1. The first-order chi connectivity index (χ1) is 10.2. The quantitative estimate of drug-likeness (QED) is 0.753. The Morgan fingerprint density at radius 3 is 2.43 bits per heavy atom. The van der Waals surface area contributed by atoms with Crippen LogP contribution in [0.25, 0.3) is 0 Å². The van der Waals surface area contributed by atoms with E-state index >= 15 is 0 Å². The molecule has 0 saturated heterocycles. The van der Waals surface area contributed by atoms with Crippen LogP contribution in [0.2, 0.25) is 0 Å². The van der Waals surface area contributed by atoms with Crippen LogP contribution in [0, 0.1) is 0 Å². The van der Waals surface area contributed by atoms with Gasteiger partial charge in [0.15, 0.2) is 5.75 Å². The molecule has 0 amide bonds. The molecule has 1 N–H and O–H groups in total. The average molecular weight is 290 g/mol. The molecule has 0 bridgehead atoms. The Balaban J connectivity index is 1.71. The van der Waals surface area contributed by atoms with Gasteiger partial charge in [-0.25, -0.2) is 0 Å². The second-order valence-corrected chi connectivity index (χ2v) is 4.44. The summed E-state index contributed by atoms with van der Waals surface area (Å²) in [5.41, 5.74) is 0.748. The van der Waals surface area contributed by atoms with Crippen molar-refractivity contribution in [1.29, 1.82) is 0 Å². The minimum absolute atomic E-state index is 0.0187. The summed E-state index contributed by atoms with van der Waals surface area (Å²) in [5.74, 6) is 0.568. The van der Waals surface area contributed by atoms with Crippen LogP contribution in [-0.4, -0.2) is 34.1 Å². The number of aliphatic carboxylic acids is 1. The van der Waals surface area contributed by atoms with E-state index in [4.69, 9.17) is 14.6 Å². The fourth-order valence-corrected chi connectivity index (χ4v) is 1.79. The van der Waals surface area contributed by atoms with Crippen molar-refractivity contribution < 1.29 is 19.4 Å². The van der Waals surface area contributed by atoms with Gasteiger partial charge in [0.25, 0.3) is 0 Å².